The Morgan fingerprint density at radius 2 is 2.00 bits per heavy atom. The Balaban J connectivity index is 2.08. The molecule has 1 aromatic heterocycles. The number of hydrogen-bond donors (Lipinski definition) is 1. The average Bonchev–Trinajstić information content (AvgIpc) is 2.45. The minimum atomic E-state index is -0.133. The second-order valence-electron chi connectivity index (χ2n) is 4.51. The van der Waals surface area contributed by atoms with Crippen molar-refractivity contribution in [1.82, 2.24) is 9.97 Å². The minimum absolute atomic E-state index is 0.0310. The highest BCUT2D eigenvalue weighted by Gasteiger charge is 2.10. The first-order chi connectivity index (χ1) is 10.0. The maximum absolute atomic E-state index is 12.0. The molecule has 21 heavy (non-hydrogen) atoms. The molecule has 1 aromatic carbocycles. The second kappa shape index (κ2) is 6.91. The number of ketones is 1. The van der Waals surface area contributed by atoms with Gasteiger partial charge in [-0.3, -0.25) is 9.59 Å². The van der Waals surface area contributed by atoms with Gasteiger partial charge in [-0.2, -0.15) is 0 Å². The van der Waals surface area contributed by atoms with Crippen molar-refractivity contribution < 1.29 is 4.79 Å². The molecule has 0 aliphatic heterocycles. The molecule has 110 valence electrons. The van der Waals surface area contributed by atoms with Gasteiger partial charge in [0, 0.05) is 21.8 Å². The molecular weight excluding hydrogens is 308 g/mol. The van der Waals surface area contributed by atoms with Crippen molar-refractivity contribution in [1.29, 1.82) is 0 Å². The number of nitrogens with one attached hydrogen (secondary N) is 1. The quantitative estimate of drug-likeness (QED) is 0.521. The van der Waals surface area contributed by atoms with Crippen LogP contribution in [-0.4, -0.2) is 21.5 Å². The number of nitrogens with zero attached hydrogens (tertiary/aromatic N) is 1. The first-order valence-corrected chi connectivity index (χ1v) is 7.89. The molecule has 0 saturated carbocycles. The minimum Gasteiger partial charge on any atom is -0.301 e. The predicted molar refractivity (Wildman–Crippen MR) is 85.5 cm³/mol. The number of carbonyl (C=O) groups is 1. The standard InChI is InChI=1S/C15H15ClN2O2S/c1-3-12-9(2)17-15(18-14(12)20)21-8-13(19)10-4-6-11(16)7-5-10/h4-7H,3,8H2,1-2H3,(H,17,18,20). The fraction of sp³-hybridized carbons (Fsp3) is 0.267. The van der Waals surface area contributed by atoms with Gasteiger partial charge in [0.1, 0.15) is 0 Å². The van der Waals surface area contributed by atoms with Crippen molar-refractivity contribution in [2.75, 3.05) is 5.75 Å². The maximum atomic E-state index is 12.0. The number of Topliss-reactive ketones (excluding diaryl/α,β-unsaturated/α-hetero) is 1. The lowest BCUT2D eigenvalue weighted by Gasteiger charge is -2.05. The van der Waals surface area contributed by atoms with E-state index in [0.29, 0.717) is 33.4 Å². The van der Waals surface area contributed by atoms with Crippen LogP contribution in [0.25, 0.3) is 0 Å². The van der Waals surface area contributed by atoms with Gasteiger partial charge >= 0.3 is 0 Å². The highest BCUT2D eigenvalue weighted by atomic mass is 35.5. The summed E-state index contributed by atoms with van der Waals surface area (Å²) in [5.74, 6) is 0.187. The SMILES string of the molecule is CCc1c(C)nc(SCC(=O)c2ccc(Cl)cc2)[nH]c1=O. The molecule has 0 aliphatic carbocycles. The van der Waals surface area contributed by atoms with Crippen molar-refractivity contribution in [3.63, 3.8) is 0 Å². The van der Waals surface area contributed by atoms with Crippen LogP contribution in [0.2, 0.25) is 5.02 Å². The molecule has 0 spiro atoms. The van der Waals surface area contributed by atoms with Crippen LogP contribution in [0.4, 0.5) is 0 Å². The van der Waals surface area contributed by atoms with Gasteiger partial charge in [0.15, 0.2) is 10.9 Å². The molecule has 0 unspecified atom stereocenters. The number of aromatic nitrogens is 2. The van der Waals surface area contributed by atoms with Crippen LogP contribution in [0.15, 0.2) is 34.2 Å². The third kappa shape index (κ3) is 3.95. The number of thioether (sulfide) groups is 1. The Bertz CT molecular complexity index is 711. The van der Waals surface area contributed by atoms with Gasteiger partial charge < -0.3 is 4.98 Å². The maximum Gasteiger partial charge on any atom is 0.254 e. The fourth-order valence-corrected chi connectivity index (χ4v) is 2.85. The van der Waals surface area contributed by atoms with Gasteiger partial charge in [-0.15, -0.1) is 0 Å². The lowest BCUT2D eigenvalue weighted by Crippen LogP contribution is -2.17. The Morgan fingerprint density at radius 3 is 2.57 bits per heavy atom. The van der Waals surface area contributed by atoms with E-state index in [2.05, 4.69) is 9.97 Å². The summed E-state index contributed by atoms with van der Waals surface area (Å²) in [6, 6.07) is 6.74. The lowest BCUT2D eigenvalue weighted by molar-refractivity contribution is 0.102. The van der Waals surface area contributed by atoms with E-state index in [9.17, 15) is 9.59 Å². The average molecular weight is 323 g/mol. The van der Waals surface area contributed by atoms with Crippen molar-refractivity contribution in [2.24, 2.45) is 0 Å². The summed E-state index contributed by atoms with van der Waals surface area (Å²) in [5, 5.41) is 1.06. The third-order valence-electron chi connectivity index (χ3n) is 3.06. The van der Waals surface area contributed by atoms with Gasteiger partial charge in [-0.1, -0.05) is 30.3 Å². The zero-order valence-corrected chi connectivity index (χ0v) is 13.3. The molecule has 2 aromatic rings. The third-order valence-corrected chi connectivity index (χ3v) is 4.19. The molecular formula is C15H15ClN2O2S. The van der Waals surface area contributed by atoms with Crippen molar-refractivity contribution in [3.8, 4) is 0 Å². The summed E-state index contributed by atoms with van der Waals surface area (Å²) >= 11 is 7.01. The number of H-pyrrole nitrogens is 1. The molecule has 0 fully saturated rings. The molecule has 6 heteroatoms. The molecule has 0 radical (unpaired) electrons. The van der Waals surface area contributed by atoms with Gasteiger partial charge in [0.25, 0.3) is 5.56 Å². The van der Waals surface area contributed by atoms with E-state index in [1.807, 2.05) is 6.92 Å². The van der Waals surface area contributed by atoms with Gasteiger partial charge in [0.2, 0.25) is 0 Å². The molecule has 0 amide bonds. The molecule has 0 saturated heterocycles. The zero-order chi connectivity index (χ0) is 15.4. The van der Waals surface area contributed by atoms with Crippen molar-refractivity contribution in [2.45, 2.75) is 25.4 Å². The fourth-order valence-electron chi connectivity index (χ4n) is 1.92. The molecule has 1 heterocycles. The summed E-state index contributed by atoms with van der Waals surface area (Å²) in [6.45, 7) is 3.72. The molecule has 1 N–H and O–H groups in total. The Morgan fingerprint density at radius 1 is 1.33 bits per heavy atom. The lowest BCUT2D eigenvalue weighted by atomic mass is 10.1. The molecule has 0 bridgehead atoms. The highest BCUT2D eigenvalue weighted by Crippen LogP contribution is 2.16. The molecule has 4 nitrogen and oxygen atoms in total. The summed E-state index contributed by atoms with van der Waals surface area (Å²) in [7, 11) is 0. The Hall–Kier alpha value is -1.59. The van der Waals surface area contributed by atoms with Gasteiger partial charge in [-0.25, -0.2) is 4.98 Å². The van der Waals surface area contributed by atoms with Crippen LogP contribution in [-0.2, 0) is 6.42 Å². The number of carbonyl (C=O) groups excluding carboxylic acids is 1. The van der Waals surface area contributed by atoms with E-state index in [4.69, 9.17) is 11.6 Å². The predicted octanol–water partition coefficient (Wildman–Crippen LogP) is 3.27. The van der Waals surface area contributed by atoms with Crippen molar-refractivity contribution in [3.05, 3.63) is 56.5 Å². The van der Waals surface area contributed by atoms with Crippen LogP contribution >= 0.6 is 23.4 Å². The first kappa shape index (κ1) is 15.8. The van der Waals surface area contributed by atoms with E-state index in [-0.39, 0.29) is 17.1 Å². The van der Waals surface area contributed by atoms with Crippen LogP contribution in [0, 0.1) is 6.92 Å². The summed E-state index contributed by atoms with van der Waals surface area (Å²) in [5.41, 5.74) is 1.86. The number of aryl methyl sites for hydroxylation is 1. The van der Waals surface area contributed by atoms with Crippen LogP contribution < -0.4 is 5.56 Å². The zero-order valence-electron chi connectivity index (χ0n) is 11.8. The second-order valence-corrected chi connectivity index (χ2v) is 5.91. The van der Waals surface area contributed by atoms with Gasteiger partial charge in [-0.05, 0) is 37.6 Å². The Labute approximate surface area is 132 Å². The van der Waals surface area contributed by atoms with Crippen LogP contribution in [0.3, 0.4) is 0 Å². The van der Waals surface area contributed by atoms with Gasteiger partial charge in [0.05, 0.1) is 5.75 Å². The highest BCUT2D eigenvalue weighted by molar-refractivity contribution is 7.99. The number of benzene rings is 1. The summed E-state index contributed by atoms with van der Waals surface area (Å²) in [4.78, 5) is 30.9. The monoisotopic (exact) mass is 322 g/mol. The number of hydrogen-bond acceptors (Lipinski definition) is 4. The van der Waals surface area contributed by atoms with E-state index < -0.39 is 0 Å². The molecule has 0 aliphatic rings. The first-order valence-electron chi connectivity index (χ1n) is 6.52. The molecule has 2 rings (SSSR count). The summed E-state index contributed by atoms with van der Waals surface area (Å²) in [6.07, 6.45) is 0.642. The van der Waals surface area contributed by atoms with E-state index in [0.717, 1.165) is 0 Å². The van der Waals surface area contributed by atoms with E-state index >= 15 is 0 Å². The normalized spacial score (nSPS) is 10.6. The molecule has 0 atom stereocenters. The smallest absolute Gasteiger partial charge is 0.254 e. The number of aromatic amines is 1. The number of rotatable bonds is 5. The van der Waals surface area contributed by atoms with E-state index in [1.165, 1.54) is 11.8 Å². The largest absolute Gasteiger partial charge is 0.301 e. The van der Waals surface area contributed by atoms with Crippen molar-refractivity contribution >= 4 is 29.1 Å². The van der Waals surface area contributed by atoms with Crippen LogP contribution in [0.5, 0.6) is 0 Å². The van der Waals surface area contributed by atoms with Crippen LogP contribution in [0.1, 0.15) is 28.5 Å². The van der Waals surface area contributed by atoms with E-state index in [1.54, 1.807) is 31.2 Å². The number of halogens is 1. The summed E-state index contributed by atoms with van der Waals surface area (Å²) < 4.78 is 0. The Kier molecular flexibility index (Phi) is 5.20. The topological polar surface area (TPSA) is 62.8 Å².